The van der Waals surface area contributed by atoms with Crippen LogP contribution in [0, 0.1) is 0 Å². The van der Waals surface area contributed by atoms with Crippen LogP contribution in [0.5, 0.6) is 11.5 Å². The van der Waals surface area contributed by atoms with Crippen LogP contribution in [0.15, 0.2) is 60.7 Å². The van der Waals surface area contributed by atoms with Crippen LogP contribution in [0.1, 0.15) is 28.8 Å². The molecule has 2 aliphatic heterocycles. The van der Waals surface area contributed by atoms with Gasteiger partial charge in [-0.1, -0.05) is 24.3 Å². The zero-order valence-corrected chi connectivity index (χ0v) is 19.5. The molecule has 0 aromatic heterocycles. The molecule has 0 amide bonds. The van der Waals surface area contributed by atoms with Crippen LogP contribution in [0.3, 0.4) is 0 Å². The molecule has 6 nitrogen and oxygen atoms in total. The van der Waals surface area contributed by atoms with Crippen molar-refractivity contribution in [3.05, 3.63) is 71.8 Å². The summed E-state index contributed by atoms with van der Waals surface area (Å²) in [6.07, 6.45) is 5.76. The van der Waals surface area contributed by atoms with Gasteiger partial charge < -0.3 is 23.7 Å². The number of ether oxygens (including phenoxy) is 5. The van der Waals surface area contributed by atoms with Gasteiger partial charge in [-0.2, -0.15) is 0 Å². The van der Waals surface area contributed by atoms with E-state index in [4.69, 9.17) is 23.7 Å². The molecule has 3 aromatic rings. The normalized spacial score (nSPS) is 17.1. The molecule has 0 bridgehead atoms. The number of cyclic esters (lactones) is 1. The summed E-state index contributed by atoms with van der Waals surface area (Å²) in [5.41, 5.74) is 3.27. The third-order valence-electron chi connectivity index (χ3n) is 6.68. The molecule has 176 valence electrons. The summed E-state index contributed by atoms with van der Waals surface area (Å²) >= 11 is 0. The third kappa shape index (κ3) is 4.27. The Morgan fingerprint density at radius 1 is 1.00 bits per heavy atom. The van der Waals surface area contributed by atoms with Gasteiger partial charge in [-0.25, -0.2) is 4.79 Å². The lowest BCUT2D eigenvalue weighted by atomic mass is 9.90. The van der Waals surface area contributed by atoms with Crippen molar-refractivity contribution in [2.45, 2.75) is 25.0 Å². The van der Waals surface area contributed by atoms with Crippen LogP contribution < -0.4 is 9.47 Å². The number of carbonyl (C=O) groups is 1. The predicted octanol–water partition coefficient (Wildman–Crippen LogP) is 5.32. The number of hydrogen-bond acceptors (Lipinski definition) is 6. The molecule has 0 atom stereocenters. The number of hydrogen-bond donors (Lipinski definition) is 0. The van der Waals surface area contributed by atoms with Crippen LogP contribution in [0.25, 0.3) is 21.9 Å². The maximum atomic E-state index is 12.4. The number of benzene rings is 3. The van der Waals surface area contributed by atoms with Crippen molar-refractivity contribution in [1.82, 2.24) is 0 Å². The fourth-order valence-corrected chi connectivity index (χ4v) is 4.72. The molecule has 0 saturated carbocycles. The summed E-state index contributed by atoms with van der Waals surface area (Å²) in [6, 6.07) is 15.8. The SMILES string of the molecule is COc1ccc(-c2c3c(cc4cc(OCC=CC5(OC)CCOCC5)ccc24)C(=O)OC3)cc1. The van der Waals surface area contributed by atoms with Crippen molar-refractivity contribution in [2.24, 2.45) is 0 Å². The molecule has 0 spiro atoms. The van der Waals surface area contributed by atoms with E-state index in [0.29, 0.717) is 25.4 Å². The second-order valence-electron chi connectivity index (χ2n) is 8.56. The second kappa shape index (κ2) is 9.49. The monoisotopic (exact) mass is 460 g/mol. The van der Waals surface area contributed by atoms with Gasteiger partial charge in [-0.05, 0) is 58.3 Å². The summed E-state index contributed by atoms with van der Waals surface area (Å²) in [5, 5.41) is 1.98. The zero-order valence-electron chi connectivity index (χ0n) is 19.5. The minimum atomic E-state index is -0.290. The first-order valence-electron chi connectivity index (χ1n) is 11.5. The van der Waals surface area contributed by atoms with Crippen molar-refractivity contribution in [3.63, 3.8) is 0 Å². The van der Waals surface area contributed by atoms with Gasteiger partial charge in [0.15, 0.2) is 0 Å². The van der Waals surface area contributed by atoms with E-state index >= 15 is 0 Å². The first-order chi connectivity index (χ1) is 16.6. The smallest absolute Gasteiger partial charge is 0.338 e. The molecule has 3 aromatic carbocycles. The molecule has 0 aliphatic carbocycles. The Balaban J connectivity index is 1.43. The molecule has 0 radical (unpaired) electrons. The van der Waals surface area contributed by atoms with Gasteiger partial charge in [0.25, 0.3) is 0 Å². The molecule has 6 heteroatoms. The van der Waals surface area contributed by atoms with E-state index < -0.39 is 0 Å². The topological polar surface area (TPSA) is 63.2 Å². The standard InChI is InChI=1S/C28H28O6/c1-30-21-6-4-19(5-7-21)26-23-9-8-22(16-20(23)17-24-25(26)18-34-27(24)29)33-13-3-10-28(31-2)11-14-32-15-12-28/h3-10,16-17H,11-15,18H2,1-2H3. The summed E-state index contributed by atoms with van der Waals surface area (Å²) in [6.45, 7) is 2.11. The maximum absolute atomic E-state index is 12.4. The van der Waals surface area contributed by atoms with E-state index in [1.54, 1.807) is 14.2 Å². The first kappa shape index (κ1) is 22.4. The molecule has 2 heterocycles. The Bertz CT molecular complexity index is 1220. The minimum absolute atomic E-state index is 0.279. The van der Waals surface area contributed by atoms with Gasteiger partial charge in [-0.3, -0.25) is 0 Å². The Kier molecular flexibility index (Phi) is 6.26. The highest BCUT2D eigenvalue weighted by molar-refractivity contribution is 6.07. The Morgan fingerprint density at radius 3 is 2.50 bits per heavy atom. The molecule has 34 heavy (non-hydrogen) atoms. The van der Waals surface area contributed by atoms with Crippen molar-refractivity contribution in [2.75, 3.05) is 34.0 Å². The summed E-state index contributed by atoms with van der Waals surface area (Å²) in [4.78, 5) is 12.4. The largest absolute Gasteiger partial charge is 0.497 e. The minimum Gasteiger partial charge on any atom is -0.497 e. The van der Waals surface area contributed by atoms with Crippen LogP contribution in [0.2, 0.25) is 0 Å². The molecule has 0 N–H and O–H groups in total. The lowest BCUT2D eigenvalue weighted by Crippen LogP contribution is -2.36. The lowest BCUT2D eigenvalue weighted by Gasteiger charge is -2.33. The van der Waals surface area contributed by atoms with E-state index in [0.717, 1.165) is 51.8 Å². The third-order valence-corrected chi connectivity index (χ3v) is 6.68. The van der Waals surface area contributed by atoms with E-state index in [2.05, 4.69) is 6.08 Å². The molecule has 1 saturated heterocycles. The van der Waals surface area contributed by atoms with E-state index in [-0.39, 0.29) is 18.2 Å². The molecule has 1 fully saturated rings. The highest BCUT2D eigenvalue weighted by atomic mass is 16.5. The first-order valence-corrected chi connectivity index (χ1v) is 11.5. The van der Waals surface area contributed by atoms with Gasteiger partial charge in [0.05, 0.1) is 18.3 Å². The highest BCUT2D eigenvalue weighted by Gasteiger charge is 2.29. The second-order valence-corrected chi connectivity index (χ2v) is 8.56. The van der Waals surface area contributed by atoms with E-state index in [1.165, 1.54) is 0 Å². The number of esters is 1. The molecular weight excluding hydrogens is 432 g/mol. The van der Waals surface area contributed by atoms with Crippen LogP contribution in [0.4, 0.5) is 0 Å². The number of rotatable bonds is 7. The number of fused-ring (bicyclic) bond motifs is 2. The number of methoxy groups -OCH3 is 2. The van der Waals surface area contributed by atoms with Gasteiger partial charge in [0.2, 0.25) is 0 Å². The predicted molar refractivity (Wildman–Crippen MR) is 129 cm³/mol. The van der Waals surface area contributed by atoms with Crippen molar-refractivity contribution in [3.8, 4) is 22.6 Å². The van der Waals surface area contributed by atoms with Gasteiger partial charge in [-0.15, -0.1) is 0 Å². The molecule has 0 unspecified atom stereocenters. The van der Waals surface area contributed by atoms with Crippen molar-refractivity contribution < 1.29 is 28.5 Å². The Hall–Kier alpha value is -3.35. The van der Waals surface area contributed by atoms with Crippen LogP contribution in [-0.2, 0) is 20.8 Å². The van der Waals surface area contributed by atoms with Crippen molar-refractivity contribution in [1.29, 1.82) is 0 Å². The molecule has 5 rings (SSSR count). The fraction of sp³-hybridized carbons (Fsp3) is 0.321. The highest BCUT2D eigenvalue weighted by Crippen LogP contribution is 2.39. The van der Waals surface area contributed by atoms with Crippen LogP contribution >= 0.6 is 0 Å². The van der Waals surface area contributed by atoms with E-state index in [1.807, 2.05) is 54.6 Å². The van der Waals surface area contributed by atoms with Gasteiger partial charge in [0, 0.05) is 38.7 Å². The quantitative estimate of drug-likeness (QED) is 0.351. The summed E-state index contributed by atoms with van der Waals surface area (Å²) in [5.74, 6) is 1.23. The average molecular weight is 461 g/mol. The van der Waals surface area contributed by atoms with Gasteiger partial charge in [0.1, 0.15) is 24.7 Å². The average Bonchev–Trinajstić information content (AvgIpc) is 3.25. The maximum Gasteiger partial charge on any atom is 0.338 e. The Labute approximate surface area is 199 Å². The van der Waals surface area contributed by atoms with Crippen LogP contribution in [-0.4, -0.2) is 45.6 Å². The molecular formula is C28H28O6. The van der Waals surface area contributed by atoms with Gasteiger partial charge >= 0.3 is 5.97 Å². The summed E-state index contributed by atoms with van der Waals surface area (Å²) in [7, 11) is 3.39. The number of carbonyl (C=O) groups excluding carboxylic acids is 1. The lowest BCUT2D eigenvalue weighted by molar-refractivity contribution is -0.0588. The van der Waals surface area contributed by atoms with E-state index in [9.17, 15) is 4.79 Å². The van der Waals surface area contributed by atoms with Crippen molar-refractivity contribution >= 4 is 16.7 Å². The zero-order chi connectivity index (χ0) is 23.5. The molecule has 2 aliphatic rings. The fourth-order valence-electron chi connectivity index (χ4n) is 4.72. The Morgan fingerprint density at radius 2 is 1.76 bits per heavy atom. The summed E-state index contributed by atoms with van der Waals surface area (Å²) < 4.78 is 27.9.